The number of hydrogen-bond acceptors (Lipinski definition) is 2. The molecule has 0 aromatic heterocycles. The molecule has 2 aromatic rings. The Hall–Kier alpha value is -1.65. The first kappa shape index (κ1) is 13.8. The summed E-state index contributed by atoms with van der Waals surface area (Å²) in [6, 6.07) is 8.56. The van der Waals surface area contributed by atoms with Gasteiger partial charge in [-0.2, -0.15) is 0 Å². The van der Waals surface area contributed by atoms with Gasteiger partial charge < -0.3 is 10.5 Å². The van der Waals surface area contributed by atoms with Crippen molar-refractivity contribution >= 4 is 11.6 Å². The molecule has 0 amide bonds. The van der Waals surface area contributed by atoms with E-state index < -0.39 is 11.6 Å². The second kappa shape index (κ2) is 5.99. The van der Waals surface area contributed by atoms with Gasteiger partial charge in [0.15, 0.2) is 11.6 Å². The highest BCUT2D eigenvalue weighted by Gasteiger charge is 2.07. The Bertz CT molecular complexity index is 590. The van der Waals surface area contributed by atoms with Gasteiger partial charge >= 0.3 is 0 Å². The van der Waals surface area contributed by atoms with Crippen LogP contribution in [0.15, 0.2) is 36.4 Å². The molecule has 0 saturated carbocycles. The molecular weight excluding hydrogens is 272 g/mol. The molecule has 19 heavy (non-hydrogen) atoms. The monoisotopic (exact) mass is 283 g/mol. The maximum Gasteiger partial charge on any atom is 0.165 e. The predicted molar refractivity (Wildman–Crippen MR) is 70.0 cm³/mol. The summed E-state index contributed by atoms with van der Waals surface area (Å²) in [5.41, 5.74) is 6.34. The lowest BCUT2D eigenvalue weighted by Crippen LogP contribution is -2.02. The summed E-state index contributed by atoms with van der Waals surface area (Å²) < 4.78 is 32.3. The fourth-order valence-corrected chi connectivity index (χ4v) is 1.79. The fraction of sp³-hybridized carbons (Fsp3) is 0.143. The molecule has 5 heteroatoms. The average molecular weight is 284 g/mol. The first-order valence-corrected chi connectivity index (χ1v) is 6.03. The summed E-state index contributed by atoms with van der Waals surface area (Å²) in [6.45, 7) is 0.158. The minimum Gasteiger partial charge on any atom is -0.486 e. The topological polar surface area (TPSA) is 35.2 Å². The molecule has 2 nitrogen and oxygen atoms in total. The average Bonchev–Trinajstić information content (AvgIpc) is 2.40. The van der Waals surface area contributed by atoms with Crippen LogP contribution in [0.1, 0.15) is 11.1 Å². The minimum atomic E-state index is -0.523. The number of ether oxygens (including phenoxy) is 1. The maximum absolute atomic E-state index is 13.6. The van der Waals surface area contributed by atoms with E-state index in [-0.39, 0.29) is 24.5 Å². The summed E-state index contributed by atoms with van der Waals surface area (Å²) in [5.74, 6) is -0.912. The van der Waals surface area contributed by atoms with Crippen LogP contribution in [0.2, 0.25) is 5.02 Å². The van der Waals surface area contributed by atoms with Crippen LogP contribution in [0.5, 0.6) is 5.75 Å². The zero-order chi connectivity index (χ0) is 13.8. The number of halogens is 3. The first-order chi connectivity index (χ1) is 9.10. The van der Waals surface area contributed by atoms with Gasteiger partial charge in [0.25, 0.3) is 0 Å². The Morgan fingerprint density at radius 3 is 2.53 bits per heavy atom. The highest BCUT2D eigenvalue weighted by Crippen LogP contribution is 2.21. The molecule has 0 aliphatic heterocycles. The lowest BCUT2D eigenvalue weighted by atomic mass is 10.2. The molecule has 0 spiro atoms. The summed E-state index contributed by atoms with van der Waals surface area (Å²) in [5, 5.41) is 0.402. The Morgan fingerprint density at radius 1 is 1.05 bits per heavy atom. The van der Waals surface area contributed by atoms with Crippen molar-refractivity contribution in [3.63, 3.8) is 0 Å². The van der Waals surface area contributed by atoms with Gasteiger partial charge in [-0.15, -0.1) is 0 Å². The molecule has 100 valence electrons. The molecule has 0 saturated heterocycles. The van der Waals surface area contributed by atoms with Crippen LogP contribution >= 0.6 is 11.6 Å². The number of benzene rings is 2. The molecule has 0 fully saturated rings. The smallest absolute Gasteiger partial charge is 0.165 e. The van der Waals surface area contributed by atoms with Crippen molar-refractivity contribution in [1.29, 1.82) is 0 Å². The Kier molecular flexibility index (Phi) is 4.35. The summed E-state index contributed by atoms with van der Waals surface area (Å²) in [4.78, 5) is 0. The molecule has 0 atom stereocenters. The number of rotatable bonds is 4. The van der Waals surface area contributed by atoms with E-state index in [0.717, 1.165) is 0 Å². The Balaban J connectivity index is 2.12. The van der Waals surface area contributed by atoms with Crippen molar-refractivity contribution in [3.05, 3.63) is 64.2 Å². The zero-order valence-corrected chi connectivity index (χ0v) is 10.8. The van der Waals surface area contributed by atoms with Crippen LogP contribution in [-0.4, -0.2) is 0 Å². The molecule has 2 aromatic carbocycles. The van der Waals surface area contributed by atoms with Gasteiger partial charge in [-0.05, 0) is 35.9 Å². The lowest BCUT2D eigenvalue weighted by molar-refractivity contribution is 0.284. The third-order valence-corrected chi connectivity index (χ3v) is 2.86. The second-order valence-electron chi connectivity index (χ2n) is 3.99. The quantitative estimate of drug-likeness (QED) is 0.929. The zero-order valence-electron chi connectivity index (χ0n) is 10.00. The van der Waals surface area contributed by atoms with Gasteiger partial charge in [-0.25, -0.2) is 8.78 Å². The van der Waals surface area contributed by atoms with E-state index in [1.54, 1.807) is 6.07 Å². The second-order valence-corrected chi connectivity index (χ2v) is 4.43. The van der Waals surface area contributed by atoms with E-state index in [1.807, 2.05) is 0 Å². The van der Waals surface area contributed by atoms with E-state index >= 15 is 0 Å². The third kappa shape index (κ3) is 3.43. The van der Waals surface area contributed by atoms with Crippen LogP contribution in [-0.2, 0) is 13.2 Å². The minimum absolute atomic E-state index is 0.0524. The van der Waals surface area contributed by atoms with E-state index in [9.17, 15) is 8.78 Å². The van der Waals surface area contributed by atoms with Crippen LogP contribution in [0.25, 0.3) is 0 Å². The largest absolute Gasteiger partial charge is 0.486 e. The van der Waals surface area contributed by atoms with Crippen molar-refractivity contribution in [2.75, 3.05) is 0 Å². The fourth-order valence-electron chi connectivity index (χ4n) is 1.60. The molecular formula is C14H12ClF2NO. The molecule has 0 heterocycles. The van der Waals surface area contributed by atoms with Crippen LogP contribution in [0, 0.1) is 11.6 Å². The van der Waals surface area contributed by atoms with Gasteiger partial charge in [0.05, 0.1) is 0 Å². The third-order valence-electron chi connectivity index (χ3n) is 2.62. The lowest BCUT2D eigenvalue weighted by Gasteiger charge is -2.09. The van der Waals surface area contributed by atoms with Gasteiger partial charge in [-0.3, -0.25) is 0 Å². The number of hydrogen-bond donors (Lipinski definition) is 1. The van der Waals surface area contributed by atoms with Crippen molar-refractivity contribution < 1.29 is 13.5 Å². The summed E-state index contributed by atoms with van der Waals surface area (Å²) >= 11 is 5.76. The van der Waals surface area contributed by atoms with Crippen LogP contribution in [0.4, 0.5) is 8.78 Å². The Labute approximate surface area is 114 Å². The van der Waals surface area contributed by atoms with Crippen molar-refractivity contribution in [3.8, 4) is 5.75 Å². The normalized spacial score (nSPS) is 10.5. The standard InChI is InChI=1S/C14H12ClF2NO/c15-11-2-3-12(16)10(6-11)8-19-14-4-1-9(7-18)5-13(14)17/h1-6H,7-8,18H2. The highest BCUT2D eigenvalue weighted by molar-refractivity contribution is 6.30. The maximum atomic E-state index is 13.6. The van der Waals surface area contributed by atoms with Crippen molar-refractivity contribution in [2.24, 2.45) is 5.73 Å². The van der Waals surface area contributed by atoms with E-state index in [2.05, 4.69) is 0 Å². The van der Waals surface area contributed by atoms with E-state index in [0.29, 0.717) is 10.6 Å². The predicted octanol–water partition coefficient (Wildman–Crippen LogP) is 3.66. The highest BCUT2D eigenvalue weighted by atomic mass is 35.5. The van der Waals surface area contributed by atoms with Gasteiger partial charge in [0.2, 0.25) is 0 Å². The Morgan fingerprint density at radius 2 is 1.84 bits per heavy atom. The number of nitrogens with two attached hydrogens (primary N) is 1. The molecule has 0 radical (unpaired) electrons. The van der Waals surface area contributed by atoms with Crippen LogP contribution < -0.4 is 10.5 Å². The van der Waals surface area contributed by atoms with Crippen molar-refractivity contribution in [2.45, 2.75) is 13.2 Å². The molecule has 0 aliphatic rings. The van der Waals surface area contributed by atoms with Crippen molar-refractivity contribution in [1.82, 2.24) is 0 Å². The molecule has 2 N–H and O–H groups in total. The van der Waals surface area contributed by atoms with Gasteiger partial charge in [0.1, 0.15) is 12.4 Å². The van der Waals surface area contributed by atoms with Gasteiger partial charge in [-0.1, -0.05) is 17.7 Å². The molecule has 0 unspecified atom stereocenters. The van der Waals surface area contributed by atoms with Crippen LogP contribution in [0.3, 0.4) is 0 Å². The first-order valence-electron chi connectivity index (χ1n) is 5.65. The van der Waals surface area contributed by atoms with E-state index in [4.69, 9.17) is 22.1 Å². The molecule has 0 aliphatic carbocycles. The summed E-state index contributed by atoms with van der Waals surface area (Å²) in [7, 11) is 0. The summed E-state index contributed by atoms with van der Waals surface area (Å²) in [6.07, 6.45) is 0. The van der Waals surface area contributed by atoms with Gasteiger partial charge in [0, 0.05) is 17.1 Å². The molecule has 0 bridgehead atoms. The van der Waals surface area contributed by atoms with E-state index in [1.165, 1.54) is 30.3 Å². The molecule has 2 rings (SSSR count). The SMILES string of the molecule is NCc1ccc(OCc2cc(Cl)ccc2F)c(F)c1.